The highest BCUT2D eigenvalue weighted by Crippen LogP contribution is 2.12. The Balaban J connectivity index is 2.46. The third kappa shape index (κ3) is 6.01. The van der Waals surface area contributed by atoms with Crippen LogP contribution in [0.1, 0.15) is 6.92 Å². The van der Waals surface area contributed by atoms with Gasteiger partial charge in [-0.25, -0.2) is 13.1 Å². The zero-order chi connectivity index (χ0) is 16.0. The summed E-state index contributed by atoms with van der Waals surface area (Å²) in [7, 11) is -0.451. The molecule has 1 aromatic rings. The summed E-state index contributed by atoms with van der Waals surface area (Å²) in [5, 5.41) is 0. The molecule has 0 aliphatic heterocycles. The minimum Gasteiger partial charge on any atom is -0.492 e. The highest BCUT2D eigenvalue weighted by Gasteiger charge is 2.21. The zero-order valence-electron chi connectivity index (χ0n) is 12.4. The molecule has 0 bridgehead atoms. The Morgan fingerprint density at radius 2 is 1.90 bits per heavy atom. The van der Waals surface area contributed by atoms with Crippen LogP contribution in [0.3, 0.4) is 0 Å². The Kier molecular flexibility index (Phi) is 5.98. The summed E-state index contributed by atoms with van der Waals surface area (Å²) < 4.78 is 31.3. The van der Waals surface area contributed by atoms with E-state index in [1.807, 2.05) is 0 Å². The molecule has 21 heavy (non-hydrogen) atoms. The van der Waals surface area contributed by atoms with E-state index in [9.17, 15) is 13.2 Å². The van der Waals surface area contributed by atoms with Crippen LogP contribution in [-0.4, -0.2) is 51.7 Å². The molecule has 0 aliphatic rings. The molecule has 0 aliphatic carbocycles. The molecule has 1 amide bonds. The zero-order valence-corrected chi connectivity index (χ0v) is 13.2. The van der Waals surface area contributed by atoms with Gasteiger partial charge in [-0.1, -0.05) is 0 Å². The number of carbonyl (C=O) groups is 1. The van der Waals surface area contributed by atoms with Gasteiger partial charge in [0, 0.05) is 19.8 Å². The third-order valence-corrected chi connectivity index (χ3v) is 4.09. The number of anilines is 1. The first-order chi connectivity index (χ1) is 9.71. The number of nitrogens with zero attached hydrogens (tertiary/aromatic N) is 1. The van der Waals surface area contributed by atoms with Crippen molar-refractivity contribution in [1.82, 2.24) is 9.62 Å². The Labute approximate surface area is 125 Å². The lowest BCUT2D eigenvalue weighted by molar-refractivity contribution is -0.130. The summed E-state index contributed by atoms with van der Waals surface area (Å²) in [5.41, 5.74) is 6.14. The number of hydrogen-bond acceptors (Lipinski definition) is 5. The van der Waals surface area contributed by atoms with Crippen LogP contribution in [0.25, 0.3) is 0 Å². The van der Waals surface area contributed by atoms with Gasteiger partial charge in [0.05, 0.1) is 11.8 Å². The minimum atomic E-state index is -3.58. The van der Waals surface area contributed by atoms with Gasteiger partial charge in [0.25, 0.3) is 0 Å². The minimum absolute atomic E-state index is 0.0118. The maximum Gasteiger partial charge on any atom is 0.239 e. The molecule has 0 heterocycles. The van der Waals surface area contributed by atoms with Crippen molar-refractivity contribution in [3.63, 3.8) is 0 Å². The molecular formula is C13H21N3O4S. The number of sulfonamides is 1. The van der Waals surface area contributed by atoms with Crippen molar-refractivity contribution in [3.05, 3.63) is 24.3 Å². The Morgan fingerprint density at radius 3 is 2.43 bits per heavy atom. The quantitative estimate of drug-likeness (QED) is 0.692. The van der Waals surface area contributed by atoms with Crippen molar-refractivity contribution in [2.24, 2.45) is 0 Å². The second-order valence-corrected chi connectivity index (χ2v) is 6.68. The summed E-state index contributed by atoms with van der Waals surface area (Å²) in [6, 6.07) is 5.85. The maximum absolute atomic E-state index is 11.8. The number of ether oxygens (including phenoxy) is 1. The molecule has 1 rings (SSSR count). The SMILES string of the molecule is CC(NS(=O)(=O)CCOc1ccc(N)cc1)C(=O)N(C)C. The van der Waals surface area contributed by atoms with Crippen LogP contribution in [0.15, 0.2) is 24.3 Å². The number of benzene rings is 1. The van der Waals surface area contributed by atoms with Gasteiger partial charge < -0.3 is 15.4 Å². The Morgan fingerprint density at radius 1 is 1.33 bits per heavy atom. The lowest BCUT2D eigenvalue weighted by atomic mass is 10.3. The number of nitrogens with one attached hydrogen (secondary N) is 1. The number of likely N-dealkylation sites (N-methyl/N-ethyl adjacent to an activating group) is 1. The van der Waals surface area contributed by atoms with Crippen molar-refractivity contribution >= 4 is 21.6 Å². The van der Waals surface area contributed by atoms with Crippen LogP contribution in [0, 0.1) is 0 Å². The highest BCUT2D eigenvalue weighted by atomic mass is 32.2. The average Bonchev–Trinajstić information content (AvgIpc) is 2.39. The van der Waals surface area contributed by atoms with Gasteiger partial charge in [-0.2, -0.15) is 0 Å². The van der Waals surface area contributed by atoms with Crippen molar-refractivity contribution in [3.8, 4) is 5.75 Å². The molecule has 1 aromatic carbocycles. The number of nitrogens with two attached hydrogens (primary N) is 1. The van der Waals surface area contributed by atoms with Gasteiger partial charge in [-0.15, -0.1) is 0 Å². The molecule has 3 N–H and O–H groups in total. The first kappa shape index (κ1) is 17.3. The molecule has 7 nitrogen and oxygen atoms in total. The fourth-order valence-corrected chi connectivity index (χ4v) is 2.66. The predicted molar refractivity (Wildman–Crippen MR) is 81.4 cm³/mol. The lowest BCUT2D eigenvalue weighted by Crippen LogP contribution is -2.45. The van der Waals surface area contributed by atoms with Crippen molar-refractivity contribution in [2.45, 2.75) is 13.0 Å². The smallest absolute Gasteiger partial charge is 0.239 e. The van der Waals surface area contributed by atoms with Crippen LogP contribution in [0.5, 0.6) is 5.75 Å². The molecule has 1 atom stereocenters. The molecule has 0 aromatic heterocycles. The molecule has 118 valence electrons. The van der Waals surface area contributed by atoms with E-state index in [0.717, 1.165) is 0 Å². The normalized spacial score (nSPS) is 12.7. The van der Waals surface area contributed by atoms with Crippen molar-refractivity contribution in [1.29, 1.82) is 0 Å². The van der Waals surface area contributed by atoms with E-state index in [0.29, 0.717) is 11.4 Å². The molecule has 1 unspecified atom stereocenters. The Hall–Kier alpha value is -1.80. The van der Waals surface area contributed by atoms with Crippen LogP contribution < -0.4 is 15.2 Å². The van der Waals surface area contributed by atoms with Crippen LogP contribution >= 0.6 is 0 Å². The molecule has 8 heteroatoms. The van der Waals surface area contributed by atoms with Gasteiger partial charge in [0.15, 0.2) is 0 Å². The lowest BCUT2D eigenvalue weighted by Gasteiger charge is -2.18. The summed E-state index contributed by atoms with van der Waals surface area (Å²) in [4.78, 5) is 12.9. The van der Waals surface area contributed by atoms with E-state index < -0.39 is 16.1 Å². The van der Waals surface area contributed by atoms with E-state index in [-0.39, 0.29) is 18.3 Å². The molecular weight excluding hydrogens is 294 g/mol. The van der Waals surface area contributed by atoms with Gasteiger partial charge in [-0.3, -0.25) is 4.79 Å². The monoisotopic (exact) mass is 315 g/mol. The second kappa shape index (κ2) is 7.28. The topological polar surface area (TPSA) is 102 Å². The summed E-state index contributed by atoms with van der Waals surface area (Å²) in [6.45, 7) is 1.49. The van der Waals surface area contributed by atoms with Crippen LogP contribution in [0.2, 0.25) is 0 Å². The van der Waals surface area contributed by atoms with E-state index in [1.165, 1.54) is 11.8 Å². The fourth-order valence-electron chi connectivity index (χ4n) is 1.60. The van der Waals surface area contributed by atoms with Crippen molar-refractivity contribution < 1.29 is 17.9 Å². The number of rotatable bonds is 7. The molecule has 0 saturated carbocycles. The largest absolute Gasteiger partial charge is 0.492 e. The molecule has 0 spiro atoms. The highest BCUT2D eigenvalue weighted by molar-refractivity contribution is 7.89. The van der Waals surface area contributed by atoms with Crippen molar-refractivity contribution in [2.75, 3.05) is 32.2 Å². The second-order valence-electron chi connectivity index (χ2n) is 4.81. The fraction of sp³-hybridized carbons (Fsp3) is 0.462. The predicted octanol–water partition coefficient (Wildman–Crippen LogP) is 0.0437. The first-order valence-electron chi connectivity index (χ1n) is 6.41. The van der Waals surface area contributed by atoms with Gasteiger partial charge in [-0.05, 0) is 31.2 Å². The maximum atomic E-state index is 11.8. The van der Waals surface area contributed by atoms with Crippen LogP contribution in [0.4, 0.5) is 5.69 Å². The molecule has 0 saturated heterocycles. The standard InChI is InChI=1S/C13H21N3O4S/c1-10(13(17)16(2)3)15-21(18,19)9-8-20-12-6-4-11(14)5-7-12/h4-7,10,15H,8-9,14H2,1-3H3. The molecule has 0 radical (unpaired) electrons. The summed E-state index contributed by atoms with van der Waals surface area (Å²) >= 11 is 0. The van der Waals surface area contributed by atoms with E-state index in [2.05, 4.69) is 4.72 Å². The number of hydrogen-bond donors (Lipinski definition) is 2. The summed E-state index contributed by atoms with van der Waals surface area (Å²) in [6.07, 6.45) is 0. The van der Waals surface area contributed by atoms with Gasteiger partial charge in [0.2, 0.25) is 15.9 Å². The first-order valence-corrected chi connectivity index (χ1v) is 8.06. The van der Waals surface area contributed by atoms with E-state index in [1.54, 1.807) is 38.4 Å². The molecule has 0 fully saturated rings. The van der Waals surface area contributed by atoms with Gasteiger partial charge >= 0.3 is 0 Å². The number of carbonyl (C=O) groups excluding carboxylic acids is 1. The number of amides is 1. The van der Waals surface area contributed by atoms with E-state index >= 15 is 0 Å². The van der Waals surface area contributed by atoms with Crippen LogP contribution in [-0.2, 0) is 14.8 Å². The Bertz CT molecular complexity index is 570. The van der Waals surface area contributed by atoms with E-state index in [4.69, 9.17) is 10.5 Å². The number of nitrogen functional groups attached to an aromatic ring is 1. The summed E-state index contributed by atoms with van der Waals surface area (Å²) in [5.74, 6) is -0.00237. The van der Waals surface area contributed by atoms with Gasteiger partial charge in [0.1, 0.15) is 12.4 Å². The average molecular weight is 315 g/mol. The third-order valence-electron chi connectivity index (χ3n) is 2.67.